The molecule has 0 aliphatic rings. The lowest BCUT2D eigenvalue weighted by Crippen LogP contribution is -2.22. The van der Waals surface area contributed by atoms with Gasteiger partial charge in [0.2, 0.25) is 10.0 Å². The summed E-state index contributed by atoms with van der Waals surface area (Å²) in [4.78, 5) is 4.73. The van der Waals surface area contributed by atoms with Crippen molar-refractivity contribution in [3.63, 3.8) is 0 Å². The summed E-state index contributed by atoms with van der Waals surface area (Å²) in [6.45, 7) is 2.83. The molecule has 8 heteroatoms. The third-order valence-electron chi connectivity index (χ3n) is 4.22. The van der Waals surface area contributed by atoms with Crippen LogP contribution < -0.4 is 4.74 Å². The van der Waals surface area contributed by atoms with E-state index in [0.717, 1.165) is 11.9 Å². The summed E-state index contributed by atoms with van der Waals surface area (Å²) in [6.07, 6.45) is 0.871. The van der Waals surface area contributed by atoms with Gasteiger partial charge in [-0.1, -0.05) is 19.1 Å². The second kappa shape index (κ2) is 7.66. The minimum Gasteiger partial charge on any atom is -0.483 e. The van der Waals surface area contributed by atoms with Crippen LogP contribution in [0.5, 0.6) is 5.75 Å². The number of fused-ring (bicyclic) bond motifs is 1. The van der Waals surface area contributed by atoms with Crippen molar-refractivity contribution >= 4 is 21.1 Å². The van der Waals surface area contributed by atoms with E-state index in [1.54, 1.807) is 36.4 Å². The van der Waals surface area contributed by atoms with Gasteiger partial charge in [-0.05, 0) is 36.8 Å². The van der Waals surface area contributed by atoms with Gasteiger partial charge in [0.25, 0.3) is 0 Å². The molecule has 0 saturated heterocycles. The Morgan fingerprint density at radius 2 is 1.93 bits per heavy atom. The Kier molecular flexibility index (Phi) is 5.48. The highest BCUT2D eigenvalue weighted by Crippen LogP contribution is 2.24. The molecular formula is C19H22FN3O3S. The van der Waals surface area contributed by atoms with Crippen molar-refractivity contribution in [3.05, 3.63) is 54.1 Å². The van der Waals surface area contributed by atoms with Gasteiger partial charge in [-0.15, -0.1) is 0 Å². The average Bonchev–Trinajstić information content (AvgIpc) is 2.98. The van der Waals surface area contributed by atoms with E-state index >= 15 is 0 Å². The molecule has 6 nitrogen and oxygen atoms in total. The zero-order valence-corrected chi connectivity index (χ0v) is 16.3. The summed E-state index contributed by atoms with van der Waals surface area (Å²) >= 11 is 0. The van der Waals surface area contributed by atoms with Crippen molar-refractivity contribution in [3.8, 4) is 5.75 Å². The Labute approximate surface area is 158 Å². The molecule has 0 spiro atoms. The number of benzene rings is 2. The zero-order chi connectivity index (χ0) is 19.6. The smallest absolute Gasteiger partial charge is 0.242 e. The molecule has 27 heavy (non-hydrogen) atoms. The molecule has 0 fully saturated rings. The summed E-state index contributed by atoms with van der Waals surface area (Å²) in [5.41, 5.74) is 1.39. The minimum absolute atomic E-state index is 0.0887. The maximum absolute atomic E-state index is 13.8. The van der Waals surface area contributed by atoms with Gasteiger partial charge in [0.15, 0.2) is 11.6 Å². The molecule has 0 aliphatic carbocycles. The van der Waals surface area contributed by atoms with E-state index in [1.807, 2.05) is 11.5 Å². The molecule has 1 heterocycles. The molecule has 0 N–H and O–H groups in total. The number of halogens is 1. The van der Waals surface area contributed by atoms with Gasteiger partial charge in [0.1, 0.15) is 12.4 Å². The van der Waals surface area contributed by atoms with Crippen molar-refractivity contribution in [1.29, 1.82) is 0 Å². The first-order valence-electron chi connectivity index (χ1n) is 8.63. The van der Waals surface area contributed by atoms with Crippen LogP contribution in [0.2, 0.25) is 0 Å². The number of aromatic nitrogens is 2. The highest BCUT2D eigenvalue weighted by Gasteiger charge is 2.20. The predicted molar refractivity (Wildman–Crippen MR) is 102 cm³/mol. The predicted octanol–water partition coefficient (Wildman–Crippen LogP) is 3.41. The van der Waals surface area contributed by atoms with E-state index < -0.39 is 15.8 Å². The molecule has 144 valence electrons. The van der Waals surface area contributed by atoms with Crippen molar-refractivity contribution in [2.24, 2.45) is 0 Å². The molecule has 0 bridgehead atoms. The second-order valence-corrected chi connectivity index (χ2v) is 8.49. The van der Waals surface area contributed by atoms with Crippen molar-refractivity contribution in [1.82, 2.24) is 13.9 Å². The first-order chi connectivity index (χ1) is 12.8. The molecule has 3 aromatic rings. The monoisotopic (exact) mass is 391 g/mol. The second-order valence-electron chi connectivity index (χ2n) is 6.34. The Morgan fingerprint density at radius 3 is 2.59 bits per heavy atom. The lowest BCUT2D eigenvalue weighted by molar-refractivity contribution is 0.276. The Hall–Kier alpha value is -2.45. The van der Waals surface area contributed by atoms with Gasteiger partial charge < -0.3 is 9.30 Å². The van der Waals surface area contributed by atoms with Crippen LogP contribution in [0.15, 0.2) is 47.4 Å². The number of rotatable bonds is 7. The molecule has 0 unspecified atom stereocenters. The van der Waals surface area contributed by atoms with Crippen LogP contribution in [-0.2, 0) is 23.2 Å². The summed E-state index contributed by atoms with van der Waals surface area (Å²) in [7, 11) is -0.564. The minimum atomic E-state index is -3.54. The SMILES string of the molecule is CCCn1c(COc2ccccc2F)nc2cc(S(=O)(=O)N(C)C)ccc21. The molecule has 0 saturated carbocycles. The summed E-state index contributed by atoms with van der Waals surface area (Å²) in [6, 6.07) is 11.1. The van der Waals surface area contributed by atoms with E-state index in [4.69, 9.17) is 4.74 Å². The number of imidazole rings is 1. The molecule has 0 amide bonds. The van der Waals surface area contributed by atoms with E-state index in [0.29, 0.717) is 17.9 Å². The van der Waals surface area contributed by atoms with Gasteiger partial charge in [-0.3, -0.25) is 0 Å². The Morgan fingerprint density at radius 1 is 1.19 bits per heavy atom. The molecule has 0 atom stereocenters. The molecule has 3 rings (SSSR count). The summed E-state index contributed by atoms with van der Waals surface area (Å²) in [5.74, 6) is 0.341. The van der Waals surface area contributed by atoms with Crippen LogP contribution >= 0.6 is 0 Å². The van der Waals surface area contributed by atoms with Crippen molar-refractivity contribution in [2.75, 3.05) is 14.1 Å². The highest BCUT2D eigenvalue weighted by atomic mass is 32.2. The lowest BCUT2D eigenvalue weighted by Gasteiger charge is -2.11. The maximum Gasteiger partial charge on any atom is 0.242 e. The van der Waals surface area contributed by atoms with Gasteiger partial charge in [0.05, 0.1) is 15.9 Å². The Balaban J connectivity index is 1.99. The topological polar surface area (TPSA) is 64.4 Å². The van der Waals surface area contributed by atoms with Gasteiger partial charge in [-0.2, -0.15) is 0 Å². The Bertz CT molecular complexity index is 1060. The number of nitrogens with zero attached hydrogens (tertiary/aromatic N) is 3. The van der Waals surface area contributed by atoms with Crippen LogP contribution in [0.1, 0.15) is 19.2 Å². The third-order valence-corrected chi connectivity index (χ3v) is 6.03. The number of para-hydroxylation sites is 1. The van der Waals surface area contributed by atoms with Crippen molar-refractivity contribution < 1.29 is 17.5 Å². The first-order valence-corrected chi connectivity index (χ1v) is 10.1. The largest absolute Gasteiger partial charge is 0.483 e. The summed E-state index contributed by atoms with van der Waals surface area (Å²) < 4.78 is 47.2. The van der Waals surface area contributed by atoms with E-state index in [9.17, 15) is 12.8 Å². The number of aryl methyl sites for hydroxylation is 1. The van der Waals surface area contributed by atoms with Crippen LogP contribution in [0.4, 0.5) is 4.39 Å². The fraction of sp³-hybridized carbons (Fsp3) is 0.316. The normalized spacial score (nSPS) is 12.0. The first kappa shape index (κ1) is 19.3. The van der Waals surface area contributed by atoms with Gasteiger partial charge >= 0.3 is 0 Å². The van der Waals surface area contributed by atoms with Gasteiger partial charge in [-0.25, -0.2) is 22.1 Å². The molecular weight excluding hydrogens is 369 g/mol. The van der Waals surface area contributed by atoms with Gasteiger partial charge in [0, 0.05) is 20.6 Å². The molecule has 0 radical (unpaired) electrons. The quantitative estimate of drug-likeness (QED) is 0.619. The van der Waals surface area contributed by atoms with Crippen LogP contribution in [0.3, 0.4) is 0 Å². The van der Waals surface area contributed by atoms with Crippen molar-refractivity contribution in [2.45, 2.75) is 31.4 Å². The van der Waals surface area contributed by atoms with Crippen LogP contribution in [-0.4, -0.2) is 36.4 Å². The molecule has 0 aliphatic heterocycles. The number of ether oxygens (including phenoxy) is 1. The zero-order valence-electron chi connectivity index (χ0n) is 15.5. The van der Waals surface area contributed by atoms with Crippen LogP contribution in [0.25, 0.3) is 11.0 Å². The maximum atomic E-state index is 13.8. The van der Waals surface area contributed by atoms with E-state index in [-0.39, 0.29) is 17.3 Å². The van der Waals surface area contributed by atoms with Crippen LogP contribution in [0, 0.1) is 5.82 Å². The standard InChI is InChI=1S/C19H22FN3O3S/c1-4-11-23-17-10-9-14(27(24,25)22(2)3)12-16(17)21-19(23)13-26-18-8-6-5-7-15(18)20/h5-10,12H,4,11,13H2,1-3H3. The van der Waals surface area contributed by atoms with E-state index in [2.05, 4.69) is 4.98 Å². The lowest BCUT2D eigenvalue weighted by atomic mass is 10.3. The molecule has 1 aromatic heterocycles. The fourth-order valence-electron chi connectivity index (χ4n) is 2.82. The molecule has 2 aromatic carbocycles. The number of sulfonamides is 1. The third kappa shape index (κ3) is 3.81. The summed E-state index contributed by atoms with van der Waals surface area (Å²) in [5, 5.41) is 0. The number of hydrogen-bond donors (Lipinski definition) is 0. The van der Waals surface area contributed by atoms with E-state index in [1.165, 1.54) is 24.5 Å². The highest BCUT2D eigenvalue weighted by molar-refractivity contribution is 7.89. The fourth-order valence-corrected chi connectivity index (χ4v) is 3.74. The average molecular weight is 391 g/mol. The number of hydrogen-bond acceptors (Lipinski definition) is 4.